The largest absolute Gasteiger partial charge is 0.140 e. The zero-order valence-electron chi connectivity index (χ0n) is 15.1. The molecule has 3 heteroatoms. The van der Waals surface area contributed by atoms with Crippen LogP contribution in [0.5, 0.6) is 0 Å². The Morgan fingerprint density at radius 2 is 1.25 bits per heavy atom. The highest BCUT2D eigenvalue weighted by Gasteiger charge is 2.09. The molecule has 28 heavy (non-hydrogen) atoms. The Labute approximate surface area is 174 Å². The van der Waals surface area contributed by atoms with Crippen molar-refractivity contribution >= 4 is 75.0 Å². The van der Waals surface area contributed by atoms with Crippen molar-refractivity contribution in [2.75, 3.05) is 0 Å². The Hall–Kier alpha value is -2.64. The van der Waals surface area contributed by atoms with Gasteiger partial charge in [0.2, 0.25) is 0 Å². The van der Waals surface area contributed by atoms with Crippen LogP contribution >= 0.6 is 34.0 Å². The number of thiophene rings is 3. The van der Waals surface area contributed by atoms with E-state index in [2.05, 4.69) is 85.5 Å². The first-order valence-electron chi connectivity index (χ1n) is 9.11. The van der Waals surface area contributed by atoms with Crippen LogP contribution in [0.1, 0.15) is 14.6 Å². The van der Waals surface area contributed by atoms with Crippen molar-refractivity contribution in [3.63, 3.8) is 0 Å². The molecule has 3 aromatic heterocycles. The Morgan fingerprint density at radius 1 is 0.607 bits per heavy atom. The number of hydrogen-bond donors (Lipinski definition) is 0. The molecular formula is C25H14S3. The van der Waals surface area contributed by atoms with E-state index in [0.29, 0.717) is 0 Å². The van der Waals surface area contributed by atoms with Crippen molar-refractivity contribution in [2.45, 2.75) is 6.92 Å². The molecule has 0 nitrogen and oxygen atoms in total. The first-order valence-corrected chi connectivity index (χ1v) is 11.6. The predicted octanol–water partition coefficient (Wildman–Crippen LogP) is 8.19. The van der Waals surface area contributed by atoms with Crippen molar-refractivity contribution in [1.82, 2.24) is 0 Å². The van der Waals surface area contributed by atoms with Crippen LogP contribution in [0, 0.1) is 18.8 Å². The molecule has 0 saturated carbocycles. The summed E-state index contributed by atoms with van der Waals surface area (Å²) < 4.78 is 4.03. The Balaban J connectivity index is 1.49. The fourth-order valence-electron chi connectivity index (χ4n) is 3.76. The molecule has 3 aromatic carbocycles. The maximum atomic E-state index is 3.40. The summed E-state index contributed by atoms with van der Waals surface area (Å²) >= 11 is 5.45. The number of benzene rings is 3. The van der Waals surface area contributed by atoms with Gasteiger partial charge in [-0.2, -0.15) is 0 Å². The highest BCUT2D eigenvalue weighted by molar-refractivity contribution is 7.21. The average molecular weight is 411 g/mol. The van der Waals surface area contributed by atoms with Gasteiger partial charge in [-0.15, -0.1) is 34.0 Å². The van der Waals surface area contributed by atoms with Gasteiger partial charge in [-0.05, 0) is 59.2 Å². The summed E-state index contributed by atoms with van der Waals surface area (Å²) in [6.07, 6.45) is 0. The van der Waals surface area contributed by atoms with Gasteiger partial charge in [0.25, 0.3) is 0 Å². The van der Waals surface area contributed by atoms with Crippen molar-refractivity contribution in [3.8, 4) is 11.8 Å². The molecule has 6 rings (SSSR count). The van der Waals surface area contributed by atoms with E-state index >= 15 is 0 Å². The Kier molecular flexibility index (Phi) is 3.61. The SMILES string of the molecule is Cc1cc2ccc3c(ccc4cc(C#Cc5cc6ccccc6s5)sc43)c2s1. The lowest BCUT2D eigenvalue weighted by Gasteiger charge is -2.00. The van der Waals surface area contributed by atoms with Gasteiger partial charge >= 0.3 is 0 Å². The predicted molar refractivity (Wildman–Crippen MR) is 127 cm³/mol. The lowest BCUT2D eigenvalue weighted by atomic mass is 10.1. The molecule has 0 radical (unpaired) electrons. The van der Waals surface area contributed by atoms with Gasteiger partial charge in [0.05, 0.1) is 9.75 Å². The minimum Gasteiger partial charge on any atom is -0.140 e. The average Bonchev–Trinajstić information content (AvgIpc) is 3.40. The van der Waals surface area contributed by atoms with E-state index in [1.807, 2.05) is 11.3 Å². The van der Waals surface area contributed by atoms with Crippen LogP contribution in [-0.4, -0.2) is 0 Å². The molecule has 0 saturated heterocycles. The van der Waals surface area contributed by atoms with E-state index < -0.39 is 0 Å². The van der Waals surface area contributed by atoms with Crippen molar-refractivity contribution in [1.29, 1.82) is 0 Å². The number of hydrogen-bond acceptors (Lipinski definition) is 3. The summed E-state index contributed by atoms with van der Waals surface area (Å²) in [4.78, 5) is 3.62. The third-order valence-electron chi connectivity index (χ3n) is 5.02. The molecule has 0 fully saturated rings. The molecule has 0 bridgehead atoms. The molecule has 0 aliphatic heterocycles. The molecule has 0 aliphatic rings. The summed E-state index contributed by atoms with van der Waals surface area (Å²) in [6, 6.07) is 24.2. The van der Waals surface area contributed by atoms with Gasteiger partial charge < -0.3 is 0 Å². The van der Waals surface area contributed by atoms with E-state index in [9.17, 15) is 0 Å². The quantitative estimate of drug-likeness (QED) is 0.221. The van der Waals surface area contributed by atoms with Gasteiger partial charge in [-0.1, -0.05) is 42.5 Å². The fraction of sp³-hybridized carbons (Fsp3) is 0.0400. The lowest BCUT2D eigenvalue weighted by Crippen LogP contribution is -1.72. The Morgan fingerprint density at radius 3 is 2.04 bits per heavy atom. The monoisotopic (exact) mass is 410 g/mol. The molecule has 0 atom stereocenters. The Bertz CT molecular complexity index is 1550. The first-order chi connectivity index (χ1) is 13.7. The number of aryl methyl sites for hydroxylation is 1. The number of fused-ring (bicyclic) bond motifs is 6. The normalized spacial score (nSPS) is 11.5. The zero-order valence-corrected chi connectivity index (χ0v) is 17.5. The summed E-state index contributed by atoms with van der Waals surface area (Å²) in [7, 11) is 0. The van der Waals surface area contributed by atoms with Crippen molar-refractivity contribution < 1.29 is 0 Å². The highest BCUT2D eigenvalue weighted by atomic mass is 32.1. The summed E-state index contributed by atoms with van der Waals surface area (Å²) in [5, 5.41) is 6.59. The third-order valence-corrected chi connectivity index (χ3v) is 8.25. The van der Waals surface area contributed by atoms with Gasteiger partial charge in [0.15, 0.2) is 0 Å². The minimum atomic E-state index is 1.12. The summed E-state index contributed by atoms with van der Waals surface area (Å²) in [5.41, 5.74) is 0. The fourth-order valence-corrected chi connectivity index (χ4v) is 6.76. The van der Waals surface area contributed by atoms with Crippen LogP contribution in [-0.2, 0) is 0 Å². The van der Waals surface area contributed by atoms with E-state index in [-0.39, 0.29) is 0 Å². The smallest absolute Gasteiger partial charge is 0.0785 e. The molecule has 0 unspecified atom stereocenters. The van der Waals surface area contributed by atoms with Crippen LogP contribution in [0.15, 0.2) is 66.7 Å². The third kappa shape index (κ3) is 2.57. The lowest BCUT2D eigenvalue weighted by molar-refractivity contribution is 1.66. The van der Waals surface area contributed by atoms with E-state index in [1.54, 1.807) is 22.7 Å². The van der Waals surface area contributed by atoms with Gasteiger partial charge in [-0.3, -0.25) is 0 Å². The second kappa shape index (κ2) is 6.18. The molecule has 0 amide bonds. The van der Waals surface area contributed by atoms with Crippen LogP contribution in [0.3, 0.4) is 0 Å². The topological polar surface area (TPSA) is 0 Å². The molecule has 0 aliphatic carbocycles. The van der Waals surface area contributed by atoms with Crippen LogP contribution in [0.4, 0.5) is 0 Å². The van der Waals surface area contributed by atoms with E-state index in [0.717, 1.165) is 9.75 Å². The van der Waals surface area contributed by atoms with Gasteiger partial charge in [-0.25, -0.2) is 0 Å². The zero-order chi connectivity index (χ0) is 18.7. The van der Waals surface area contributed by atoms with E-state index in [1.165, 1.54) is 45.9 Å². The van der Waals surface area contributed by atoms with Crippen LogP contribution < -0.4 is 0 Å². The second-order valence-corrected chi connectivity index (χ2v) is 10.3. The molecule has 0 spiro atoms. The maximum Gasteiger partial charge on any atom is 0.0785 e. The number of rotatable bonds is 0. The standard InChI is InChI=1S/C25H14S3/c1-15-12-17-6-10-22-21(24(17)26-15)11-7-18-14-20(28-25(18)22)9-8-19-13-16-4-2-3-5-23(16)27-19/h2-7,10-14H,1H3. The summed E-state index contributed by atoms with van der Waals surface area (Å²) in [6.45, 7) is 2.18. The molecular weight excluding hydrogens is 396 g/mol. The molecule has 6 aromatic rings. The van der Waals surface area contributed by atoms with Crippen LogP contribution in [0.2, 0.25) is 0 Å². The second-order valence-electron chi connectivity index (χ2n) is 6.93. The molecule has 132 valence electrons. The van der Waals surface area contributed by atoms with Gasteiger partial charge in [0, 0.05) is 29.7 Å². The minimum absolute atomic E-state index is 1.12. The van der Waals surface area contributed by atoms with E-state index in [4.69, 9.17) is 0 Å². The molecule has 3 heterocycles. The highest BCUT2D eigenvalue weighted by Crippen LogP contribution is 2.38. The first kappa shape index (κ1) is 16.3. The van der Waals surface area contributed by atoms with Gasteiger partial charge in [0.1, 0.15) is 0 Å². The van der Waals surface area contributed by atoms with Crippen molar-refractivity contribution in [3.05, 3.63) is 81.4 Å². The maximum absolute atomic E-state index is 3.40. The summed E-state index contributed by atoms with van der Waals surface area (Å²) in [5.74, 6) is 6.77. The van der Waals surface area contributed by atoms with Crippen LogP contribution in [0.25, 0.3) is 41.0 Å². The molecule has 0 N–H and O–H groups in total. The van der Waals surface area contributed by atoms with Crippen molar-refractivity contribution in [2.24, 2.45) is 0 Å².